The molecule has 178 valence electrons. The zero-order valence-electron chi connectivity index (χ0n) is 19.7. The second kappa shape index (κ2) is 9.12. The van der Waals surface area contributed by atoms with Crippen LogP contribution in [0.15, 0.2) is 41.6 Å². The van der Waals surface area contributed by atoms with Crippen LogP contribution in [0.25, 0.3) is 21.8 Å². The highest BCUT2D eigenvalue weighted by atomic mass is 32.2. The average molecular weight is 481 g/mol. The molecule has 0 amide bonds. The lowest BCUT2D eigenvalue weighted by molar-refractivity contribution is -0.0103. The molecule has 9 heteroatoms. The molecule has 0 radical (unpaired) electrons. The molecule has 4 aromatic rings. The average Bonchev–Trinajstić information content (AvgIpc) is 3.43. The van der Waals surface area contributed by atoms with E-state index in [-0.39, 0.29) is 23.6 Å². The van der Waals surface area contributed by atoms with E-state index in [1.807, 2.05) is 33.0 Å². The second-order valence-electron chi connectivity index (χ2n) is 8.39. The van der Waals surface area contributed by atoms with Gasteiger partial charge in [-0.3, -0.25) is 4.68 Å². The van der Waals surface area contributed by atoms with Crippen molar-refractivity contribution in [1.29, 1.82) is 5.26 Å². The largest absolute Gasteiger partial charge is 0.486 e. The maximum absolute atomic E-state index is 12.5. The molecule has 34 heavy (non-hydrogen) atoms. The molecular formula is C25H28N4O4S. The van der Waals surface area contributed by atoms with E-state index in [1.54, 1.807) is 29.1 Å². The van der Waals surface area contributed by atoms with E-state index >= 15 is 0 Å². The highest BCUT2D eigenvalue weighted by Gasteiger charge is 2.30. The molecule has 0 bridgehead atoms. The number of aromatic amines is 1. The van der Waals surface area contributed by atoms with Crippen LogP contribution in [-0.2, 0) is 16.4 Å². The minimum atomic E-state index is -3.46. The highest BCUT2D eigenvalue weighted by Crippen LogP contribution is 2.34. The van der Waals surface area contributed by atoms with Crippen molar-refractivity contribution in [3.8, 4) is 11.8 Å². The summed E-state index contributed by atoms with van der Waals surface area (Å²) in [7, 11) is -3.46. The van der Waals surface area contributed by atoms with Gasteiger partial charge in [-0.25, -0.2) is 8.42 Å². The Balaban J connectivity index is 0.00000133. The standard InChI is InChI=1S/C23H22N4O4S.C2H6/c1-13-7-20(32(2,29)30)19(18-5-6-25-21(13)18)12-27-11-15-4-3-14(10-24)23(22(15)26-27)31-17-8-16(28)9-17;1-2/h3-7,11,16-17,25,28H,8-9,12H2,1-2H3;1-2H3. The van der Waals surface area contributed by atoms with Gasteiger partial charge in [0.25, 0.3) is 0 Å². The molecular weight excluding hydrogens is 452 g/mol. The monoisotopic (exact) mass is 480 g/mol. The number of hydrogen-bond donors (Lipinski definition) is 2. The van der Waals surface area contributed by atoms with E-state index in [9.17, 15) is 18.8 Å². The number of ether oxygens (including phenoxy) is 1. The molecule has 2 N–H and O–H groups in total. The van der Waals surface area contributed by atoms with Crippen LogP contribution in [0.1, 0.15) is 43.4 Å². The van der Waals surface area contributed by atoms with Gasteiger partial charge in [0, 0.05) is 53.3 Å². The number of nitrogens with one attached hydrogen (secondary N) is 1. The number of sulfone groups is 1. The van der Waals surface area contributed by atoms with Gasteiger partial charge in [0.2, 0.25) is 0 Å². The van der Waals surface area contributed by atoms with E-state index in [0.717, 1.165) is 21.9 Å². The third-order valence-corrected chi connectivity index (χ3v) is 7.15. The Morgan fingerprint density at radius 1 is 1.29 bits per heavy atom. The molecule has 8 nitrogen and oxygen atoms in total. The van der Waals surface area contributed by atoms with Gasteiger partial charge in [0.1, 0.15) is 17.7 Å². The number of nitrogens with zero attached hydrogens (tertiary/aromatic N) is 3. The summed E-state index contributed by atoms with van der Waals surface area (Å²) < 4.78 is 32.8. The molecule has 2 aromatic carbocycles. The summed E-state index contributed by atoms with van der Waals surface area (Å²) >= 11 is 0. The Morgan fingerprint density at radius 3 is 2.68 bits per heavy atom. The number of H-pyrrole nitrogens is 1. The topological polar surface area (TPSA) is 121 Å². The highest BCUT2D eigenvalue weighted by molar-refractivity contribution is 7.90. The van der Waals surface area contributed by atoms with Crippen molar-refractivity contribution in [2.24, 2.45) is 0 Å². The number of aryl methyl sites for hydroxylation is 1. The number of aliphatic hydroxyl groups excluding tert-OH is 1. The molecule has 5 rings (SSSR count). The van der Waals surface area contributed by atoms with Gasteiger partial charge in [0.05, 0.1) is 23.1 Å². The first-order valence-electron chi connectivity index (χ1n) is 11.3. The first kappa shape index (κ1) is 23.8. The summed E-state index contributed by atoms with van der Waals surface area (Å²) in [4.78, 5) is 3.46. The van der Waals surface area contributed by atoms with Crippen LogP contribution in [0.2, 0.25) is 0 Å². The Bertz CT molecular complexity index is 1510. The van der Waals surface area contributed by atoms with Gasteiger partial charge in [-0.2, -0.15) is 10.4 Å². The van der Waals surface area contributed by atoms with Crippen LogP contribution in [0.5, 0.6) is 5.75 Å². The fourth-order valence-electron chi connectivity index (χ4n) is 4.29. The van der Waals surface area contributed by atoms with Crippen molar-refractivity contribution >= 4 is 31.6 Å². The Morgan fingerprint density at radius 2 is 2.03 bits per heavy atom. The number of rotatable bonds is 5. The van der Waals surface area contributed by atoms with Gasteiger partial charge < -0.3 is 14.8 Å². The summed E-state index contributed by atoms with van der Waals surface area (Å²) in [6.07, 6.45) is 5.35. The molecule has 0 aliphatic heterocycles. The number of benzene rings is 2. The molecule has 2 heterocycles. The van der Waals surface area contributed by atoms with Crippen molar-refractivity contribution in [2.45, 2.75) is 57.3 Å². The molecule has 0 atom stereocenters. The van der Waals surface area contributed by atoms with E-state index < -0.39 is 9.84 Å². The van der Waals surface area contributed by atoms with Crippen LogP contribution in [0, 0.1) is 18.3 Å². The Hall–Kier alpha value is -3.35. The van der Waals surface area contributed by atoms with E-state index in [0.29, 0.717) is 35.2 Å². The van der Waals surface area contributed by atoms with Crippen LogP contribution in [-0.4, -0.2) is 46.8 Å². The number of aromatic nitrogens is 3. The van der Waals surface area contributed by atoms with Crippen molar-refractivity contribution < 1.29 is 18.3 Å². The zero-order valence-corrected chi connectivity index (χ0v) is 20.5. The van der Waals surface area contributed by atoms with Crippen LogP contribution < -0.4 is 4.74 Å². The number of nitriles is 1. The normalized spacial score (nSPS) is 17.6. The number of hydrogen-bond acceptors (Lipinski definition) is 6. The lowest BCUT2D eigenvalue weighted by Crippen LogP contribution is -2.37. The predicted octanol–water partition coefficient (Wildman–Crippen LogP) is 4.08. The van der Waals surface area contributed by atoms with Crippen LogP contribution in [0.4, 0.5) is 0 Å². The lowest BCUT2D eigenvalue weighted by atomic mass is 9.92. The Labute approximate surface area is 198 Å². The predicted molar refractivity (Wildman–Crippen MR) is 131 cm³/mol. The second-order valence-corrected chi connectivity index (χ2v) is 10.4. The van der Waals surface area contributed by atoms with Gasteiger partial charge in [-0.05, 0) is 36.8 Å². The van der Waals surface area contributed by atoms with Crippen LogP contribution in [0.3, 0.4) is 0 Å². The summed E-state index contributed by atoms with van der Waals surface area (Å²) in [6.45, 7) is 6.12. The zero-order chi connectivity index (χ0) is 24.6. The van der Waals surface area contributed by atoms with E-state index in [4.69, 9.17) is 4.74 Å². The van der Waals surface area contributed by atoms with E-state index in [2.05, 4.69) is 16.2 Å². The minimum absolute atomic E-state index is 0.152. The number of fused-ring (bicyclic) bond motifs is 2. The van der Waals surface area contributed by atoms with E-state index in [1.165, 1.54) is 6.26 Å². The maximum atomic E-state index is 12.5. The van der Waals surface area contributed by atoms with Gasteiger partial charge >= 0.3 is 0 Å². The number of aliphatic hydroxyl groups is 1. The quantitative estimate of drug-likeness (QED) is 0.444. The SMILES string of the molecule is CC.Cc1cc(S(C)(=O)=O)c(Cn2cc3ccc(C#N)c(OC4CC(O)C4)c3n2)c2cc[nH]c12. The smallest absolute Gasteiger partial charge is 0.175 e. The molecule has 1 saturated carbocycles. The van der Waals surface area contributed by atoms with Crippen molar-refractivity contribution in [3.63, 3.8) is 0 Å². The molecule has 2 aromatic heterocycles. The maximum Gasteiger partial charge on any atom is 0.175 e. The molecule has 0 spiro atoms. The molecule has 0 unspecified atom stereocenters. The van der Waals surface area contributed by atoms with Crippen LogP contribution >= 0.6 is 0 Å². The first-order chi connectivity index (χ1) is 16.2. The fourth-order valence-corrected chi connectivity index (χ4v) is 5.31. The third kappa shape index (κ3) is 4.27. The lowest BCUT2D eigenvalue weighted by Gasteiger charge is -2.31. The van der Waals surface area contributed by atoms with Crippen molar-refractivity contribution in [2.75, 3.05) is 6.26 Å². The van der Waals surface area contributed by atoms with Gasteiger partial charge in [-0.1, -0.05) is 13.8 Å². The summed E-state index contributed by atoms with van der Waals surface area (Å²) in [5, 5.41) is 25.4. The van der Waals surface area contributed by atoms with Gasteiger partial charge in [0.15, 0.2) is 15.6 Å². The molecule has 1 aliphatic carbocycles. The Kier molecular flexibility index (Phi) is 6.39. The van der Waals surface area contributed by atoms with Gasteiger partial charge in [-0.15, -0.1) is 0 Å². The summed E-state index contributed by atoms with van der Waals surface area (Å²) in [6, 6.07) is 9.21. The fraction of sp³-hybridized carbons (Fsp3) is 0.360. The summed E-state index contributed by atoms with van der Waals surface area (Å²) in [5.74, 6) is 0.402. The molecule has 0 saturated heterocycles. The van der Waals surface area contributed by atoms with Crippen molar-refractivity contribution in [1.82, 2.24) is 14.8 Å². The first-order valence-corrected chi connectivity index (χ1v) is 13.2. The third-order valence-electron chi connectivity index (χ3n) is 5.99. The summed E-state index contributed by atoms with van der Waals surface area (Å²) in [5.41, 5.74) is 3.33. The molecule has 1 fully saturated rings. The minimum Gasteiger partial charge on any atom is -0.486 e. The molecule has 1 aliphatic rings. The van der Waals surface area contributed by atoms with Crippen molar-refractivity contribution in [3.05, 3.63) is 53.3 Å².